The molecular formula is C20H19ClN4O3S. The van der Waals surface area contributed by atoms with Crippen LogP contribution in [0.5, 0.6) is 5.75 Å². The molecule has 2 aromatic rings. The van der Waals surface area contributed by atoms with E-state index in [0.29, 0.717) is 27.3 Å². The number of hydrogen-bond donors (Lipinski definition) is 2. The summed E-state index contributed by atoms with van der Waals surface area (Å²) < 4.78 is 5.08. The fourth-order valence-electron chi connectivity index (χ4n) is 2.51. The maximum Gasteiger partial charge on any atom is 0.240 e. The first-order valence-electron chi connectivity index (χ1n) is 8.74. The largest absolute Gasteiger partial charge is 0.497 e. The van der Waals surface area contributed by atoms with E-state index >= 15 is 0 Å². The fourth-order valence-corrected chi connectivity index (χ4v) is 3.55. The molecule has 9 heteroatoms. The first-order chi connectivity index (χ1) is 13.9. The minimum atomic E-state index is -0.557. The first kappa shape index (κ1) is 20.9. The Morgan fingerprint density at radius 3 is 2.55 bits per heavy atom. The van der Waals surface area contributed by atoms with Gasteiger partial charge in [-0.05, 0) is 48.9 Å². The molecule has 3 rings (SSSR count). The van der Waals surface area contributed by atoms with Crippen LogP contribution in [-0.2, 0) is 9.59 Å². The number of ether oxygens (including phenoxy) is 1. The van der Waals surface area contributed by atoms with Gasteiger partial charge in [0, 0.05) is 17.1 Å². The summed E-state index contributed by atoms with van der Waals surface area (Å²) in [5.74, 6) is 0.173. The number of nitrogens with zero attached hydrogens (tertiary/aromatic N) is 2. The quantitative estimate of drug-likeness (QED) is 0.540. The lowest BCUT2D eigenvalue weighted by molar-refractivity contribution is -0.122. The van der Waals surface area contributed by atoms with Gasteiger partial charge in [-0.25, -0.2) is 0 Å². The SMILES string of the molecule is COc1ccc(NC(=O)CC2S/C(=N/N=C(\C)c3ccc(Cl)cc3)NC2=O)cc1. The Kier molecular flexibility index (Phi) is 6.90. The van der Waals surface area contributed by atoms with E-state index in [2.05, 4.69) is 20.8 Å². The summed E-state index contributed by atoms with van der Waals surface area (Å²) in [4.78, 5) is 24.4. The van der Waals surface area contributed by atoms with Crippen LogP contribution in [0, 0.1) is 0 Å². The van der Waals surface area contributed by atoms with E-state index in [1.54, 1.807) is 43.5 Å². The molecule has 1 aliphatic heterocycles. The number of rotatable bonds is 6. The van der Waals surface area contributed by atoms with E-state index in [1.807, 2.05) is 19.1 Å². The van der Waals surface area contributed by atoms with Gasteiger partial charge >= 0.3 is 0 Å². The summed E-state index contributed by atoms with van der Waals surface area (Å²) in [6.07, 6.45) is 0.0292. The van der Waals surface area contributed by atoms with Crippen LogP contribution in [0.25, 0.3) is 0 Å². The lowest BCUT2D eigenvalue weighted by Crippen LogP contribution is -2.28. The second-order valence-electron chi connectivity index (χ2n) is 6.17. The number of amidine groups is 1. The molecule has 0 radical (unpaired) electrons. The topological polar surface area (TPSA) is 92.2 Å². The normalized spacial score (nSPS) is 17.9. The van der Waals surface area contributed by atoms with E-state index in [9.17, 15) is 9.59 Å². The predicted octanol–water partition coefficient (Wildman–Crippen LogP) is 3.69. The molecule has 0 aliphatic carbocycles. The van der Waals surface area contributed by atoms with Crippen molar-refractivity contribution >= 4 is 51.7 Å². The molecule has 0 saturated carbocycles. The molecular weight excluding hydrogens is 412 g/mol. The molecule has 1 unspecified atom stereocenters. The van der Waals surface area contributed by atoms with Crippen molar-refractivity contribution in [3.8, 4) is 5.75 Å². The lowest BCUT2D eigenvalue weighted by Gasteiger charge is -2.08. The molecule has 2 aromatic carbocycles. The monoisotopic (exact) mass is 430 g/mol. The Hall–Kier alpha value is -2.84. The number of benzene rings is 2. The third-order valence-electron chi connectivity index (χ3n) is 4.07. The molecule has 2 N–H and O–H groups in total. The molecule has 1 fully saturated rings. The van der Waals surface area contributed by atoms with Gasteiger partial charge in [0.15, 0.2) is 5.17 Å². The molecule has 0 spiro atoms. The number of methoxy groups -OCH3 is 1. The summed E-state index contributed by atoms with van der Waals surface area (Å²) in [5, 5.41) is 14.1. The molecule has 29 heavy (non-hydrogen) atoms. The molecule has 2 amide bonds. The molecule has 7 nitrogen and oxygen atoms in total. The van der Waals surface area contributed by atoms with Crippen molar-refractivity contribution in [2.75, 3.05) is 12.4 Å². The zero-order valence-electron chi connectivity index (χ0n) is 15.8. The number of anilines is 1. The van der Waals surface area contributed by atoms with Crippen molar-refractivity contribution in [1.29, 1.82) is 0 Å². The van der Waals surface area contributed by atoms with Crippen LogP contribution in [-0.4, -0.2) is 35.1 Å². The fraction of sp³-hybridized carbons (Fsp3) is 0.200. The molecule has 1 saturated heterocycles. The molecule has 150 valence electrons. The van der Waals surface area contributed by atoms with Gasteiger partial charge in [0.1, 0.15) is 11.0 Å². The maximum absolute atomic E-state index is 12.2. The van der Waals surface area contributed by atoms with E-state index in [-0.39, 0.29) is 18.2 Å². The Morgan fingerprint density at radius 1 is 1.21 bits per heavy atom. The van der Waals surface area contributed by atoms with Crippen LogP contribution in [0.1, 0.15) is 18.9 Å². The third-order valence-corrected chi connectivity index (χ3v) is 5.40. The van der Waals surface area contributed by atoms with Gasteiger partial charge in [-0.1, -0.05) is 35.5 Å². The molecule has 1 atom stereocenters. The van der Waals surface area contributed by atoms with E-state index < -0.39 is 5.25 Å². The summed E-state index contributed by atoms with van der Waals surface area (Å²) in [5.41, 5.74) is 2.20. The minimum absolute atomic E-state index is 0.0292. The van der Waals surface area contributed by atoms with Gasteiger partial charge in [-0.3, -0.25) is 9.59 Å². The molecule has 0 aromatic heterocycles. The summed E-state index contributed by atoms with van der Waals surface area (Å²) in [7, 11) is 1.57. The highest BCUT2D eigenvalue weighted by molar-refractivity contribution is 8.15. The highest BCUT2D eigenvalue weighted by Crippen LogP contribution is 2.23. The van der Waals surface area contributed by atoms with Gasteiger partial charge in [-0.2, -0.15) is 5.10 Å². The van der Waals surface area contributed by atoms with Gasteiger partial charge < -0.3 is 15.4 Å². The highest BCUT2D eigenvalue weighted by Gasteiger charge is 2.32. The van der Waals surface area contributed by atoms with Crippen molar-refractivity contribution in [2.45, 2.75) is 18.6 Å². The third kappa shape index (κ3) is 5.82. The van der Waals surface area contributed by atoms with E-state index in [1.165, 1.54) is 11.8 Å². The van der Waals surface area contributed by atoms with Gasteiger partial charge in [0.25, 0.3) is 0 Å². The number of thioether (sulfide) groups is 1. The van der Waals surface area contributed by atoms with Crippen molar-refractivity contribution in [3.63, 3.8) is 0 Å². The smallest absolute Gasteiger partial charge is 0.240 e. The number of nitrogens with one attached hydrogen (secondary N) is 2. The first-order valence-corrected chi connectivity index (χ1v) is 10.00. The van der Waals surface area contributed by atoms with Gasteiger partial charge in [0.05, 0.1) is 12.8 Å². The van der Waals surface area contributed by atoms with Crippen molar-refractivity contribution in [2.24, 2.45) is 10.2 Å². The number of hydrogen-bond acceptors (Lipinski definition) is 6. The number of amides is 2. The average molecular weight is 431 g/mol. The van der Waals surface area contributed by atoms with Crippen molar-refractivity contribution < 1.29 is 14.3 Å². The Labute approximate surface area is 177 Å². The maximum atomic E-state index is 12.2. The highest BCUT2D eigenvalue weighted by atomic mass is 35.5. The molecule has 1 heterocycles. The van der Waals surface area contributed by atoms with Crippen molar-refractivity contribution in [3.05, 3.63) is 59.1 Å². The minimum Gasteiger partial charge on any atom is -0.497 e. The zero-order valence-corrected chi connectivity index (χ0v) is 17.4. The zero-order chi connectivity index (χ0) is 20.8. The number of halogens is 1. The Bertz CT molecular complexity index is 959. The van der Waals surface area contributed by atoms with Crippen LogP contribution in [0.2, 0.25) is 5.02 Å². The number of carbonyl (C=O) groups is 2. The van der Waals surface area contributed by atoms with Crippen LogP contribution >= 0.6 is 23.4 Å². The Balaban J connectivity index is 1.57. The van der Waals surface area contributed by atoms with Crippen molar-refractivity contribution in [1.82, 2.24) is 5.32 Å². The van der Waals surface area contributed by atoms with Crippen LogP contribution in [0.4, 0.5) is 5.69 Å². The standard InChI is InChI=1S/C20H19ClN4O3S/c1-12(13-3-5-14(21)6-4-13)24-25-20-23-19(27)17(29-20)11-18(26)22-15-7-9-16(28-2)10-8-15/h3-10,17H,11H2,1-2H3,(H,22,26)(H,23,25,27)/b24-12+. The predicted molar refractivity (Wildman–Crippen MR) is 117 cm³/mol. The average Bonchev–Trinajstić information content (AvgIpc) is 3.06. The molecule has 0 bridgehead atoms. The van der Waals surface area contributed by atoms with Crippen LogP contribution in [0.3, 0.4) is 0 Å². The molecule has 1 aliphatic rings. The van der Waals surface area contributed by atoms with Crippen LogP contribution in [0.15, 0.2) is 58.7 Å². The second-order valence-corrected chi connectivity index (χ2v) is 7.80. The van der Waals surface area contributed by atoms with Crippen LogP contribution < -0.4 is 15.4 Å². The van der Waals surface area contributed by atoms with E-state index in [0.717, 1.165) is 5.56 Å². The Morgan fingerprint density at radius 2 is 1.90 bits per heavy atom. The lowest BCUT2D eigenvalue weighted by atomic mass is 10.1. The number of carbonyl (C=O) groups excluding carboxylic acids is 2. The second kappa shape index (κ2) is 9.58. The van der Waals surface area contributed by atoms with E-state index in [4.69, 9.17) is 16.3 Å². The summed E-state index contributed by atoms with van der Waals surface area (Å²) in [6.45, 7) is 1.81. The summed E-state index contributed by atoms with van der Waals surface area (Å²) in [6, 6.07) is 14.2. The summed E-state index contributed by atoms with van der Waals surface area (Å²) >= 11 is 7.06. The van der Waals surface area contributed by atoms with Gasteiger partial charge in [-0.15, -0.1) is 5.10 Å². The van der Waals surface area contributed by atoms with Gasteiger partial charge in [0.2, 0.25) is 11.8 Å².